The van der Waals surface area contributed by atoms with Gasteiger partial charge in [0, 0.05) is 39.5 Å². The lowest BCUT2D eigenvalue weighted by Gasteiger charge is -2.13. The number of halogens is 2. The fourth-order valence-corrected chi connectivity index (χ4v) is 2.88. The minimum atomic E-state index is -0.0236. The number of aromatic hydroxyl groups is 1. The topological polar surface area (TPSA) is 61.3 Å². The molecule has 0 radical (unpaired) electrons. The molecule has 2 N–H and O–H groups in total. The zero-order chi connectivity index (χ0) is 17.8. The van der Waals surface area contributed by atoms with Crippen molar-refractivity contribution in [2.45, 2.75) is 19.4 Å². The highest BCUT2D eigenvalue weighted by atomic mass is 35.5. The van der Waals surface area contributed by atoms with E-state index in [2.05, 4.69) is 9.97 Å². The largest absolute Gasteiger partial charge is 0.507 e. The monoisotopic (exact) mass is 373 g/mol. The molecule has 0 bridgehead atoms. The van der Waals surface area contributed by atoms with Gasteiger partial charge in [0.2, 0.25) is 0 Å². The molecule has 4 nitrogen and oxygen atoms in total. The second-order valence-electron chi connectivity index (χ2n) is 5.78. The molecule has 0 aliphatic rings. The minimum Gasteiger partial charge on any atom is -0.507 e. The Balaban J connectivity index is 2.03. The number of imidazole rings is 1. The Morgan fingerprint density at radius 1 is 1.16 bits per heavy atom. The summed E-state index contributed by atoms with van der Waals surface area (Å²) in [6.45, 7) is 2.01. The van der Waals surface area contributed by atoms with E-state index in [1.807, 2.05) is 19.1 Å². The number of hydrogen-bond donors (Lipinski definition) is 2. The molecule has 0 fully saturated rings. The van der Waals surface area contributed by atoms with Crippen LogP contribution in [-0.4, -0.2) is 26.8 Å². The molecule has 0 saturated carbocycles. The highest BCUT2D eigenvalue weighted by molar-refractivity contribution is 6.32. The van der Waals surface area contributed by atoms with E-state index in [0.717, 1.165) is 11.3 Å². The van der Waals surface area contributed by atoms with Crippen molar-refractivity contribution in [2.75, 3.05) is 0 Å². The van der Waals surface area contributed by atoms with Crippen LogP contribution in [0.3, 0.4) is 0 Å². The van der Waals surface area contributed by atoms with Gasteiger partial charge in [-0.2, -0.15) is 0 Å². The van der Waals surface area contributed by atoms with Gasteiger partial charge in [-0.15, -0.1) is 0 Å². The molecule has 1 aromatic heterocycles. The first-order valence-corrected chi connectivity index (χ1v) is 8.58. The molecule has 0 saturated heterocycles. The third-order valence-corrected chi connectivity index (χ3v) is 4.24. The summed E-state index contributed by atoms with van der Waals surface area (Å²) in [6.07, 6.45) is 4.14. The molecule has 128 valence electrons. The predicted molar refractivity (Wildman–Crippen MR) is 102 cm³/mol. The van der Waals surface area contributed by atoms with E-state index < -0.39 is 0 Å². The van der Waals surface area contributed by atoms with Crippen LogP contribution in [0.1, 0.15) is 23.7 Å². The highest BCUT2D eigenvalue weighted by Crippen LogP contribution is 2.26. The van der Waals surface area contributed by atoms with Crippen molar-refractivity contribution >= 4 is 28.9 Å². The van der Waals surface area contributed by atoms with E-state index in [9.17, 15) is 5.11 Å². The summed E-state index contributed by atoms with van der Waals surface area (Å²) < 4.78 is 0. The van der Waals surface area contributed by atoms with Gasteiger partial charge >= 0.3 is 0 Å². The van der Waals surface area contributed by atoms with Gasteiger partial charge in [0.1, 0.15) is 5.75 Å². The average Bonchev–Trinajstić information content (AvgIpc) is 3.09. The van der Waals surface area contributed by atoms with E-state index in [0.29, 0.717) is 27.7 Å². The lowest BCUT2D eigenvalue weighted by Crippen LogP contribution is -2.11. The van der Waals surface area contributed by atoms with Crippen LogP contribution in [0.25, 0.3) is 0 Å². The number of nitrogens with zero attached hydrogens (tertiary/aromatic N) is 2. The van der Waals surface area contributed by atoms with Gasteiger partial charge in [0.25, 0.3) is 0 Å². The lowest BCUT2D eigenvalue weighted by atomic mass is 10.0. The molecule has 0 aliphatic carbocycles. The Morgan fingerprint density at radius 2 is 1.88 bits per heavy atom. The molecule has 0 spiro atoms. The van der Waals surface area contributed by atoms with Crippen LogP contribution in [0.5, 0.6) is 5.75 Å². The number of nitrogens with one attached hydrogen (secondary N) is 1. The molecule has 3 rings (SSSR count). The summed E-state index contributed by atoms with van der Waals surface area (Å²) in [7, 11) is 0. The molecule has 6 heteroatoms. The van der Waals surface area contributed by atoms with Gasteiger partial charge in [-0.25, -0.2) is 4.98 Å². The molecule has 3 aromatic rings. The third-order valence-electron chi connectivity index (χ3n) is 3.75. The van der Waals surface area contributed by atoms with E-state index in [4.69, 9.17) is 28.2 Å². The van der Waals surface area contributed by atoms with Crippen LogP contribution >= 0.6 is 23.2 Å². The van der Waals surface area contributed by atoms with E-state index in [1.54, 1.807) is 42.9 Å². The summed E-state index contributed by atoms with van der Waals surface area (Å²) in [4.78, 5) is 11.9. The number of aliphatic imine (C=N–C) groups is 1. The molecule has 0 amide bonds. The fraction of sp³-hybridized carbons (Fsp3) is 0.158. The van der Waals surface area contributed by atoms with Gasteiger partial charge in [-0.1, -0.05) is 35.3 Å². The number of rotatable bonds is 5. The van der Waals surface area contributed by atoms with Crippen LogP contribution in [0, 0.1) is 0 Å². The van der Waals surface area contributed by atoms with E-state index in [-0.39, 0.29) is 11.8 Å². The van der Waals surface area contributed by atoms with E-state index in [1.165, 1.54) is 0 Å². The second-order valence-corrected chi connectivity index (χ2v) is 6.65. The normalized spacial score (nSPS) is 13.0. The van der Waals surface area contributed by atoms with Gasteiger partial charge in [0.15, 0.2) is 0 Å². The molecular weight excluding hydrogens is 357 g/mol. The number of phenols is 1. The SMILES string of the molecule is CC(Cc1cnc[nH]1)N=C(c1ccc(Cl)cc1)c1cc(Cl)ccc1O. The molecule has 0 aliphatic heterocycles. The summed E-state index contributed by atoms with van der Waals surface area (Å²) in [6, 6.07) is 12.3. The standard InChI is InChI=1S/C19H17Cl2N3O/c1-12(8-16-10-22-11-23-16)24-19(13-2-4-14(20)5-3-13)17-9-15(21)6-7-18(17)25/h2-7,9-12,25H,8H2,1H3,(H,22,23). The first kappa shape index (κ1) is 17.5. The molecular formula is C19H17Cl2N3O. The molecule has 25 heavy (non-hydrogen) atoms. The van der Waals surface area contributed by atoms with Crippen LogP contribution in [-0.2, 0) is 6.42 Å². The molecule has 1 heterocycles. The zero-order valence-electron chi connectivity index (χ0n) is 13.6. The number of phenolic OH excluding ortho intramolecular Hbond substituents is 1. The van der Waals surface area contributed by atoms with Crippen LogP contribution in [0.15, 0.2) is 60.0 Å². The quantitative estimate of drug-likeness (QED) is 0.625. The Hall–Kier alpha value is -2.30. The molecule has 1 atom stereocenters. The summed E-state index contributed by atoms with van der Waals surface area (Å²) in [5.74, 6) is 0.131. The van der Waals surface area contributed by atoms with Crippen molar-refractivity contribution in [3.05, 3.63) is 81.9 Å². The maximum atomic E-state index is 10.3. The maximum absolute atomic E-state index is 10.3. The smallest absolute Gasteiger partial charge is 0.125 e. The number of H-pyrrole nitrogens is 1. The van der Waals surface area contributed by atoms with Gasteiger partial charge in [0.05, 0.1) is 18.1 Å². The number of benzene rings is 2. The zero-order valence-corrected chi connectivity index (χ0v) is 15.1. The van der Waals surface area contributed by atoms with Crippen LogP contribution in [0.2, 0.25) is 10.0 Å². The van der Waals surface area contributed by atoms with E-state index >= 15 is 0 Å². The highest BCUT2D eigenvalue weighted by Gasteiger charge is 2.14. The van der Waals surface area contributed by atoms with Crippen molar-refractivity contribution in [1.29, 1.82) is 0 Å². The van der Waals surface area contributed by atoms with Crippen LogP contribution < -0.4 is 0 Å². The van der Waals surface area contributed by atoms with Crippen molar-refractivity contribution < 1.29 is 5.11 Å². The Labute approximate surface area is 156 Å². The molecule has 2 aromatic carbocycles. The Bertz CT molecular complexity index is 874. The Kier molecular flexibility index (Phi) is 5.41. The summed E-state index contributed by atoms with van der Waals surface area (Å²) in [5, 5.41) is 11.5. The van der Waals surface area contributed by atoms with Crippen molar-refractivity contribution in [3.63, 3.8) is 0 Å². The van der Waals surface area contributed by atoms with Crippen molar-refractivity contribution in [3.8, 4) is 5.75 Å². The van der Waals surface area contributed by atoms with Crippen molar-refractivity contribution in [1.82, 2.24) is 9.97 Å². The summed E-state index contributed by atoms with van der Waals surface area (Å²) >= 11 is 12.1. The molecule has 1 unspecified atom stereocenters. The fourth-order valence-electron chi connectivity index (χ4n) is 2.59. The van der Waals surface area contributed by atoms with Crippen LogP contribution in [0.4, 0.5) is 0 Å². The average molecular weight is 374 g/mol. The number of aromatic amines is 1. The number of aromatic nitrogens is 2. The first-order valence-electron chi connectivity index (χ1n) is 7.83. The van der Waals surface area contributed by atoms with Gasteiger partial charge < -0.3 is 10.1 Å². The second kappa shape index (κ2) is 7.72. The minimum absolute atomic E-state index is 0.0236. The Morgan fingerprint density at radius 3 is 2.56 bits per heavy atom. The first-order chi connectivity index (χ1) is 12.0. The predicted octanol–water partition coefficient (Wildman–Crippen LogP) is 4.89. The maximum Gasteiger partial charge on any atom is 0.125 e. The van der Waals surface area contributed by atoms with Crippen molar-refractivity contribution in [2.24, 2.45) is 4.99 Å². The lowest BCUT2D eigenvalue weighted by molar-refractivity contribution is 0.474. The summed E-state index contributed by atoms with van der Waals surface area (Å²) in [5.41, 5.74) is 3.12. The van der Waals surface area contributed by atoms with Gasteiger partial charge in [-0.3, -0.25) is 4.99 Å². The van der Waals surface area contributed by atoms with Gasteiger partial charge in [-0.05, 0) is 37.3 Å². The third kappa shape index (κ3) is 4.41. The number of hydrogen-bond acceptors (Lipinski definition) is 3.